The van der Waals surface area contributed by atoms with Crippen LogP contribution in [0.15, 0.2) is 12.7 Å². The SMILES string of the molecule is Nc1ncnc2c1ncn2CP(=O)(O)O. The molecular formula is C6H8N5O3P. The molecule has 8 nitrogen and oxygen atoms in total. The van der Waals surface area contributed by atoms with Gasteiger partial charge in [0, 0.05) is 0 Å². The number of rotatable bonds is 2. The van der Waals surface area contributed by atoms with Crippen molar-refractivity contribution in [3.8, 4) is 0 Å². The zero-order chi connectivity index (χ0) is 11.1. The second kappa shape index (κ2) is 3.27. The summed E-state index contributed by atoms with van der Waals surface area (Å²) in [6.45, 7) is 0. The van der Waals surface area contributed by atoms with Crippen molar-refractivity contribution in [2.24, 2.45) is 0 Å². The maximum atomic E-state index is 10.8. The van der Waals surface area contributed by atoms with Crippen molar-refractivity contribution in [1.82, 2.24) is 19.5 Å². The van der Waals surface area contributed by atoms with Crippen LogP contribution >= 0.6 is 7.60 Å². The lowest BCUT2D eigenvalue weighted by Gasteiger charge is -2.04. The van der Waals surface area contributed by atoms with Crippen molar-refractivity contribution < 1.29 is 14.4 Å². The molecule has 0 aromatic carbocycles. The smallest absolute Gasteiger partial charge is 0.345 e. The Hall–Kier alpha value is -1.50. The molecule has 0 spiro atoms. The zero-order valence-corrected chi connectivity index (χ0v) is 8.37. The fourth-order valence-corrected chi connectivity index (χ4v) is 1.80. The highest BCUT2D eigenvalue weighted by molar-refractivity contribution is 7.50. The van der Waals surface area contributed by atoms with Crippen molar-refractivity contribution in [2.75, 3.05) is 5.73 Å². The van der Waals surface area contributed by atoms with Gasteiger partial charge in [0.15, 0.2) is 11.5 Å². The topological polar surface area (TPSA) is 127 Å². The van der Waals surface area contributed by atoms with E-state index in [0.29, 0.717) is 11.2 Å². The molecule has 2 aromatic heterocycles. The highest BCUT2D eigenvalue weighted by Gasteiger charge is 2.17. The standard InChI is InChI=1S/C6H8N5O3P/c7-5-4-6(9-1-8-5)11(2-10-4)3-15(12,13)14/h1-2H,3H2,(H2,7,8,9)(H2,12,13,14). The average molecular weight is 229 g/mol. The first-order chi connectivity index (χ1) is 6.97. The fourth-order valence-electron chi connectivity index (χ4n) is 1.20. The molecule has 0 aliphatic carbocycles. The number of nitrogen functional groups attached to an aromatic ring is 1. The Balaban J connectivity index is 2.55. The summed E-state index contributed by atoms with van der Waals surface area (Å²) in [6, 6.07) is 0. The first-order valence-corrected chi connectivity index (χ1v) is 5.73. The Labute approximate surface area is 83.9 Å². The minimum Gasteiger partial charge on any atom is -0.382 e. The van der Waals surface area contributed by atoms with Crippen LogP contribution in [0, 0.1) is 0 Å². The molecular weight excluding hydrogens is 221 g/mol. The number of aromatic nitrogens is 4. The van der Waals surface area contributed by atoms with E-state index in [4.69, 9.17) is 15.5 Å². The van der Waals surface area contributed by atoms with Gasteiger partial charge in [-0.2, -0.15) is 0 Å². The lowest BCUT2D eigenvalue weighted by atomic mass is 10.5. The lowest BCUT2D eigenvalue weighted by molar-refractivity contribution is 0.363. The van der Waals surface area contributed by atoms with Gasteiger partial charge in [-0.05, 0) is 0 Å². The molecule has 80 valence electrons. The predicted octanol–water partition coefficient (Wildman–Crippen LogP) is -0.456. The lowest BCUT2D eigenvalue weighted by Crippen LogP contribution is -1.99. The van der Waals surface area contributed by atoms with Crippen molar-refractivity contribution in [3.05, 3.63) is 12.7 Å². The van der Waals surface area contributed by atoms with Gasteiger partial charge in [-0.1, -0.05) is 0 Å². The molecule has 0 atom stereocenters. The van der Waals surface area contributed by atoms with Crippen molar-refractivity contribution in [3.63, 3.8) is 0 Å². The quantitative estimate of drug-likeness (QED) is 0.594. The van der Waals surface area contributed by atoms with E-state index in [2.05, 4.69) is 15.0 Å². The van der Waals surface area contributed by atoms with Gasteiger partial charge in [-0.3, -0.25) is 4.57 Å². The van der Waals surface area contributed by atoms with Crippen LogP contribution in [0.2, 0.25) is 0 Å². The summed E-state index contributed by atoms with van der Waals surface area (Å²) in [5.41, 5.74) is 6.16. The summed E-state index contributed by atoms with van der Waals surface area (Å²) in [7, 11) is -4.15. The van der Waals surface area contributed by atoms with Gasteiger partial charge in [0.05, 0.1) is 6.33 Å². The minimum absolute atomic E-state index is 0.185. The molecule has 2 aromatic rings. The van der Waals surface area contributed by atoms with Gasteiger partial charge in [-0.25, -0.2) is 15.0 Å². The number of fused-ring (bicyclic) bond motifs is 1. The minimum atomic E-state index is -4.15. The number of anilines is 1. The third kappa shape index (κ3) is 1.96. The van der Waals surface area contributed by atoms with Crippen LogP contribution in [-0.2, 0) is 10.9 Å². The molecule has 0 radical (unpaired) electrons. The Morgan fingerprint density at radius 3 is 2.80 bits per heavy atom. The normalized spacial score (nSPS) is 12.1. The number of imidazole rings is 1. The first-order valence-electron chi connectivity index (χ1n) is 3.93. The summed E-state index contributed by atoms with van der Waals surface area (Å²) in [5, 5.41) is 0. The summed E-state index contributed by atoms with van der Waals surface area (Å²) < 4.78 is 12.0. The molecule has 4 N–H and O–H groups in total. The molecule has 9 heteroatoms. The molecule has 0 unspecified atom stereocenters. The van der Waals surface area contributed by atoms with Gasteiger partial charge < -0.3 is 20.1 Å². The van der Waals surface area contributed by atoms with Gasteiger partial charge in [0.25, 0.3) is 0 Å². The van der Waals surface area contributed by atoms with Crippen molar-refractivity contribution in [1.29, 1.82) is 0 Å². The zero-order valence-electron chi connectivity index (χ0n) is 7.48. The van der Waals surface area contributed by atoms with Crippen LogP contribution in [0.4, 0.5) is 5.82 Å². The van der Waals surface area contributed by atoms with Crippen molar-refractivity contribution >= 4 is 24.6 Å². The van der Waals surface area contributed by atoms with E-state index in [-0.39, 0.29) is 5.82 Å². The van der Waals surface area contributed by atoms with E-state index in [9.17, 15) is 4.57 Å². The fraction of sp³-hybridized carbons (Fsp3) is 0.167. The van der Waals surface area contributed by atoms with E-state index in [1.54, 1.807) is 0 Å². The maximum absolute atomic E-state index is 10.8. The first kappa shape index (κ1) is 10.0. The Morgan fingerprint density at radius 2 is 2.13 bits per heavy atom. The monoisotopic (exact) mass is 229 g/mol. The highest BCUT2D eigenvalue weighted by Crippen LogP contribution is 2.37. The van der Waals surface area contributed by atoms with Crippen LogP contribution in [0.25, 0.3) is 11.2 Å². The molecule has 0 aliphatic rings. The maximum Gasteiger partial charge on any atom is 0.345 e. The molecule has 0 bridgehead atoms. The summed E-state index contributed by atoms with van der Waals surface area (Å²) in [6.07, 6.45) is 2.02. The van der Waals surface area contributed by atoms with Crippen LogP contribution in [0.3, 0.4) is 0 Å². The van der Waals surface area contributed by atoms with Gasteiger partial charge in [0.2, 0.25) is 0 Å². The highest BCUT2D eigenvalue weighted by atomic mass is 31.2. The number of hydrogen-bond acceptors (Lipinski definition) is 5. The summed E-state index contributed by atoms with van der Waals surface area (Å²) in [4.78, 5) is 29.1. The average Bonchev–Trinajstić information content (AvgIpc) is 2.48. The van der Waals surface area contributed by atoms with E-state index in [1.807, 2.05) is 0 Å². The molecule has 0 aliphatic heterocycles. The number of nitrogens with two attached hydrogens (primary N) is 1. The number of hydrogen-bond donors (Lipinski definition) is 3. The molecule has 0 saturated carbocycles. The van der Waals surface area contributed by atoms with E-state index >= 15 is 0 Å². The van der Waals surface area contributed by atoms with Crippen LogP contribution in [-0.4, -0.2) is 29.3 Å². The predicted molar refractivity (Wildman–Crippen MR) is 51.8 cm³/mol. The third-order valence-corrected chi connectivity index (χ3v) is 2.44. The Morgan fingerprint density at radius 1 is 1.40 bits per heavy atom. The van der Waals surface area contributed by atoms with E-state index < -0.39 is 13.9 Å². The second-order valence-corrected chi connectivity index (χ2v) is 4.56. The van der Waals surface area contributed by atoms with E-state index in [1.165, 1.54) is 17.2 Å². The van der Waals surface area contributed by atoms with Crippen LogP contribution in [0.1, 0.15) is 0 Å². The molecule has 2 heterocycles. The molecule has 0 saturated heterocycles. The molecule has 0 fully saturated rings. The summed E-state index contributed by atoms with van der Waals surface area (Å²) in [5.74, 6) is 0.185. The van der Waals surface area contributed by atoms with Crippen LogP contribution in [0.5, 0.6) is 0 Å². The Bertz CT molecular complexity index is 547. The van der Waals surface area contributed by atoms with Gasteiger partial charge in [-0.15, -0.1) is 0 Å². The van der Waals surface area contributed by atoms with Gasteiger partial charge in [0.1, 0.15) is 18.1 Å². The Kier molecular flexibility index (Phi) is 2.18. The molecule has 15 heavy (non-hydrogen) atoms. The summed E-state index contributed by atoms with van der Waals surface area (Å²) >= 11 is 0. The second-order valence-electron chi connectivity index (χ2n) is 2.95. The third-order valence-electron chi connectivity index (χ3n) is 1.77. The largest absolute Gasteiger partial charge is 0.382 e. The molecule has 2 rings (SSSR count). The van der Waals surface area contributed by atoms with E-state index in [0.717, 1.165) is 0 Å². The van der Waals surface area contributed by atoms with Crippen LogP contribution < -0.4 is 5.73 Å². The van der Waals surface area contributed by atoms with Crippen molar-refractivity contribution in [2.45, 2.75) is 6.29 Å². The number of nitrogens with zero attached hydrogens (tertiary/aromatic N) is 4. The van der Waals surface area contributed by atoms with Gasteiger partial charge >= 0.3 is 7.60 Å². The molecule has 0 amide bonds.